The average molecular weight is 306 g/mol. The van der Waals surface area contributed by atoms with Crippen molar-refractivity contribution in [3.8, 4) is 0 Å². The molecular weight excluding hydrogens is 299 g/mol. The first kappa shape index (κ1) is 8.84. The van der Waals surface area contributed by atoms with Crippen LogP contribution >= 0.6 is 46.6 Å². The number of thiophene rings is 1. The van der Waals surface area contributed by atoms with E-state index in [0.717, 1.165) is 4.90 Å². The van der Waals surface area contributed by atoms with Gasteiger partial charge in [-0.3, -0.25) is 0 Å². The molecule has 3 heteroatoms. The summed E-state index contributed by atoms with van der Waals surface area (Å²) >= 11 is 8.58. The topological polar surface area (TPSA) is 0 Å². The number of fused-ring (bicyclic) bond motifs is 1. The first-order chi connectivity index (χ1) is 5.70. The molecule has 0 radical (unpaired) electrons. The zero-order valence-corrected chi connectivity index (χ0v) is 10.3. The number of halogens is 1. The van der Waals surface area contributed by atoms with Gasteiger partial charge in [0.1, 0.15) is 0 Å². The number of hydrogen-bond donors (Lipinski definition) is 1. The van der Waals surface area contributed by atoms with Gasteiger partial charge in [-0.1, -0.05) is 0 Å². The Morgan fingerprint density at radius 1 is 1.50 bits per heavy atom. The minimum Gasteiger partial charge on any atom is -0.143 e. The van der Waals surface area contributed by atoms with Crippen molar-refractivity contribution in [2.75, 3.05) is 0 Å². The van der Waals surface area contributed by atoms with Gasteiger partial charge in [-0.2, -0.15) is 0 Å². The van der Waals surface area contributed by atoms with Crippen molar-refractivity contribution < 1.29 is 0 Å². The molecule has 0 nitrogen and oxygen atoms in total. The molecule has 0 aliphatic carbocycles. The maximum Gasteiger partial charge on any atom is 0.0393 e. The molecule has 1 heterocycles. The van der Waals surface area contributed by atoms with Crippen LogP contribution in [-0.2, 0) is 0 Å². The molecular formula is C9H7IS2. The Labute approximate surface area is 94.5 Å². The van der Waals surface area contributed by atoms with Crippen LogP contribution in [0.25, 0.3) is 10.1 Å². The highest BCUT2D eigenvalue weighted by molar-refractivity contribution is 14.1. The van der Waals surface area contributed by atoms with Crippen molar-refractivity contribution >= 4 is 56.6 Å². The van der Waals surface area contributed by atoms with E-state index in [2.05, 4.69) is 59.7 Å². The molecule has 0 N–H and O–H groups in total. The van der Waals surface area contributed by atoms with Crippen LogP contribution in [0, 0.1) is 10.5 Å². The zero-order chi connectivity index (χ0) is 8.72. The van der Waals surface area contributed by atoms with E-state index < -0.39 is 0 Å². The Bertz CT molecular complexity index is 431. The summed E-state index contributed by atoms with van der Waals surface area (Å²) in [6, 6.07) is 4.25. The fraction of sp³-hybridized carbons (Fsp3) is 0.111. The summed E-state index contributed by atoms with van der Waals surface area (Å²) in [7, 11) is 0. The lowest BCUT2D eigenvalue weighted by Gasteiger charge is -2.01. The predicted octanol–water partition coefficient (Wildman–Crippen LogP) is 4.10. The molecule has 0 amide bonds. The molecule has 1 aromatic carbocycles. The van der Waals surface area contributed by atoms with E-state index in [1.807, 2.05) is 0 Å². The third-order valence-corrected chi connectivity index (χ3v) is 4.43. The smallest absolute Gasteiger partial charge is 0.0393 e. The summed E-state index contributed by atoms with van der Waals surface area (Å²) in [6.45, 7) is 2.16. The third-order valence-electron chi connectivity index (χ3n) is 1.90. The fourth-order valence-corrected chi connectivity index (χ4v) is 3.55. The van der Waals surface area contributed by atoms with Crippen LogP contribution in [-0.4, -0.2) is 0 Å². The molecule has 0 saturated heterocycles. The van der Waals surface area contributed by atoms with Gasteiger partial charge in [0, 0.05) is 18.6 Å². The van der Waals surface area contributed by atoms with Gasteiger partial charge in [-0.15, -0.1) is 24.0 Å². The summed E-state index contributed by atoms with van der Waals surface area (Å²) in [4.78, 5) is 1.08. The monoisotopic (exact) mass is 306 g/mol. The Morgan fingerprint density at radius 3 is 3.00 bits per heavy atom. The Hall–Kier alpha value is 0.260. The van der Waals surface area contributed by atoms with Gasteiger partial charge in [0.25, 0.3) is 0 Å². The molecule has 2 aromatic rings. The van der Waals surface area contributed by atoms with Gasteiger partial charge in [-0.05, 0) is 52.6 Å². The van der Waals surface area contributed by atoms with E-state index >= 15 is 0 Å². The first-order valence-electron chi connectivity index (χ1n) is 3.55. The van der Waals surface area contributed by atoms with E-state index in [1.54, 1.807) is 11.3 Å². The van der Waals surface area contributed by atoms with E-state index in [0.29, 0.717) is 0 Å². The standard InChI is InChI=1S/C9H7IS2/c1-5-7(10)4-8(11)6-2-3-12-9(5)6/h2-4,11H,1H3. The summed E-state index contributed by atoms with van der Waals surface area (Å²) in [5.74, 6) is 0. The largest absolute Gasteiger partial charge is 0.143 e. The van der Waals surface area contributed by atoms with Crippen molar-refractivity contribution in [2.24, 2.45) is 0 Å². The van der Waals surface area contributed by atoms with Crippen molar-refractivity contribution in [1.29, 1.82) is 0 Å². The van der Waals surface area contributed by atoms with Crippen LogP contribution in [0.2, 0.25) is 0 Å². The molecule has 0 fully saturated rings. The Morgan fingerprint density at radius 2 is 2.25 bits per heavy atom. The van der Waals surface area contributed by atoms with Crippen molar-refractivity contribution in [3.05, 3.63) is 26.6 Å². The van der Waals surface area contributed by atoms with Gasteiger partial charge in [-0.25, -0.2) is 0 Å². The van der Waals surface area contributed by atoms with E-state index in [4.69, 9.17) is 0 Å². The highest BCUT2D eigenvalue weighted by atomic mass is 127. The highest BCUT2D eigenvalue weighted by Gasteiger charge is 2.05. The second-order valence-electron chi connectivity index (χ2n) is 2.67. The van der Waals surface area contributed by atoms with Crippen molar-refractivity contribution in [3.63, 3.8) is 0 Å². The maximum absolute atomic E-state index is 4.44. The highest BCUT2D eigenvalue weighted by Crippen LogP contribution is 2.32. The van der Waals surface area contributed by atoms with Crippen LogP contribution in [0.3, 0.4) is 0 Å². The van der Waals surface area contributed by atoms with Gasteiger partial charge < -0.3 is 0 Å². The fourth-order valence-electron chi connectivity index (χ4n) is 1.22. The Balaban J connectivity index is 2.97. The van der Waals surface area contributed by atoms with Crippen LogP contribution in [0.15, 0.2) is 22.4 Å². The quantitative estimate of drug-likeness (QED) is 0.550. The van der Waals surface area contributed by atoms with E-state index in [1.165, 1.54) is 19.2 Å². The second kappa shape index (κ2) is 3.20. The lowest BCUT2D eigenvalue weighted by molar-refractivity contribution is 1.44. The average Bonchev–Trinajstić information content (AvgIpc) is 2.48. The minimum atomic E-state index is 1.08. The third kappa shape index (κ3) is 1.28. The molecule has 0 spiro atoms. The van der Waals surface area contributed by atoms with Crippen LogP contribution < -0.4 is 0 Å². The Kier molecular flexibility index (Phi) is 2.35. The molecule has 62 valence electrons. The van der Waals surface area contributed by atoms with Gasteiger partial charge in [0.15, 0.2) is 0 Å². The molecule has 0 saturated carbocycles. The van der Waals surface area contributed by atoms with Gasteiger partial charge in [0.05, 0.1) is 0 Å². The first-order valence-corrected chi connectivity index (χ1v) is 5.96. The lowest BCUT2D eigenvalue weighted by atomic mass is 10.2. The molecule has 0 atom stereocenters. The van der Waals surface area contributed by atoms with Crippen LogP contribution in [0.4, 0.5) is 0 Å². The maximum atomic E-state index is 4.44. The molecule has 2 rings (SSSR count). The summed E-state index contributed by atoms with van der Waals surface area (Å²) in [5.41, 5.74) is 1.37. The molecule has 1 aromatic heterocycles. The van der Waals surface area contributed by atoms with Crippen molar-refractivity contribution in [1.82, 2.24) is 0 Å². The zero-order valence-electron chi connectivity index (χ0n) is 6.47. The normalized spacial score (nSPS) is 10.9. The second-order valence-corrected chi connectivity index (χ2v) is 5.23. The van der Waals surface area contributed by atoms with Gasteiger partial charge in [0.2, 0.25) is 0 Å². The SMILES string of the molecule is Cc1c(I)cc(S)c2ccsc12. The summed E-state index contributed by atoms with van der Waals surface area (Å²) in [5, 5.41) is 3.40. The van der Waals surface area contributed by atoms with Crippen LogP contribution in [0.5, 0.6) is 0 Å². The number of hydrogen-bond acceptors (Lipinski definition) is 2. The summed E-state index contributed by atoms with van der Waals surface area (Å²) < 4.78 is 2.67. The molecule has 0 aliphatic heterocycles. The molecule has 12 heavy (non-hydrogen) atoms. The number of rotatable bonds is 0. The van der Waals surface area contributed by atoms with E-state index in [-0.39, 0.29) is 0 Å². The number of benzene rings is 1. The molecule has 0 unspecified atom stereocenters. The predicted molar refractivity (Wildman–Crippen MR) is 66.5 cm³/mol. The number of aryl methyl sites for hydroxylation is 1. The van der Waals surface area contributed by atoms with Crippen molar-refractivity contribution in [2.45, 2.75) is 11.8 Å². The summed E-state index contributed by atoms with van der Waals surface area (Å²) in [6.07, 6.45) is 0. The lowest BCUT2D eigenvalue weighted by Crippen LogP contribution is -1.80. The van der Waals surface area contributed by atoms with Gasteiger partial charge >= 0.3 is 0 Å². The molecule has 0 aliphatic rings. The van der Waals surface area contributed by atoms with E-state index in [9.17, 15) is 0 Å². The van der Waals surface area contributed by atoms with Crippen LogP contribution in [0.1, 0.15) is 5.56 Å². The minimum absolute atomic E-state index is 1.08. The number of thiol groups is 1. The molecule has 0 bridgehead atoms.